The smallest absolute Gasteiger partial charge is 0.207 e. The molecule has 0 bridgehead atoms. The molecular weight excluding hydrogens is 289 g/mol. The summed E-state index contributed by atoms with van der Waals surface area (Å²) in [5, 5.41) is 1.92. The number of hydrogen-bond donors (Lipinski definition) is 0. The fraction of sp³-hybridized carbons (Fsp3) is 0.368. The molecule has 3 rings (SSSR count). The van der Waals surface area contributed by atoms with Gasteiger partial charge in [0.2, 0.25) is 7.29 Å². The summed E-state index contributed by atoms with van der Waals surface area (Å²) in [6.07, 6.45) is 4.60. The van der Waals surface area contributed by atoms with Crippen molar-refractivity contribution in [2.45, 2.75) is 38.6 Å². The number of rotatable bonds is 4. The number of nitrogens with zero attached hydrogens (tertiary/aromatic N) is 1. The molecule has 0 N–H and O–H groups in total. The molecule has 1 aliphatic heterocycles. The fourth-order valence-corrected chi connectivity index (χ4v) is 6.68. The molecule has 0 unspecified atom stereocenters. The molecule has 1 fully saturated rings. The molecule has 2 aromatic rings. The van der Waals surface area contributed by atoms with Crippen molar-refractivity contribution in [1.29, 1.82) is 0 Å². The molecule has 1 heterocycles. The molecule has 3 heteroatoms. The zero-order valence-corrected chi connectivity index (χ0v) is 14.1. The lowest BCUT2D eigenvalue weighted by atomic mass is 10.0. The van der Waals surface area contributed by atoms with Gasteiger partial charge in [-0.2, -0.15) is 0 Å². The quantitative estimate of drug-likeness (QED) is 0.789. The van der Waals surface area contributed by atoms with Crippen LogP contribution in [0.4, 0.5) is 0 Å². The van der Waals surface area contributed by atoms with Gasteiger partial charge in [-0.05, 0) is 43.5 Å². The van der Waals surface area contributed by atoms with Crippen molar-refractivity contribution in [3.63, 3.8) is 0 Å². The van der Waals surface area contributed by atoms with E-state index in [0.717, 1.165) is 36.4 Å². The first kappa shape index (κ1) is 15.5. The van der Waals surface area contributed by atoms with Crippen molar-refractivity contribution in [3.8, 4) is 0 Å². The van der Waals surface area contributed by atoms with Gasteiger partial charge in [0.25, 0.3) is 0 Å². The van der Waals surface area contributed by atoms with Gasteiger partial charge in [0.1, 0.15) is 0 Å². The van der Waals surface area contributed by atoms with E-state index in [1.54, 1.807) is 0 Å². The summed E-state index contributed by atoms with van der Waals surface area (Å²) in [5.74, 6) is 0. The Balaban J connectivity index is 2.13. The molecule has 1 aliphatic rings. The third-order valence-corrected chi connectivity index (χ3v) is 7.89. The minimum atomic E-state index is -2.74. The Morgan fingerprint density at radius 2 is 1.50 bits per heavy atom. The first-order chi connectivity index (χ1) is 10.8. The van der Waals surface area contributed by atoms with Crippen LogP contribution in [-0.2, 0) is 4.57 Å². The highest BCUT2D eigenvalue weighted by Crippen LogP contribution is 2.51. The van der Waals surface area contributed by atoms with Crippen LogP contribution in [0.1, 0.15) is 32.6 Å². The molecule has 116 valence electrons. The van der Waals surface area contributed by atoms with Gasteiger partial charge in [-0.25, -0.2) is 4.67 Å². The number of piperidine rings is 1. The van der Waals surface area contributed by atoms with E-state index in [4.69, 9.17) is 0 Å². The van der Waals surface area contributed by atoms with Crippen molar-refractivity contribution >= 4 is 17.9 Å². The van der Waals surface area contributed by atoms with Gasteiger partial charge in [0.15, 0.2) is 0 Å². The third-order valence-electron chi connectivity index (χ3n) is 4.64. The Hall–Kier alpha value is -1.37. The summed E-state index contributed by atoms with van der Waals surface area (Å²) >= 11 is 0. The molecule has 22 heavy (non-hydrogen) atoms. The average Bonchev–Trinajstić information content (AvgIpc) is 2.62. The minimum absolute atomic E-state index is 0.417. The van der Waals surface area contributed by atoms with Crippen LogP contribution in [-0.4, -0.2) is 17.3 Å². The maximum Gasteiger partial charge on any atom is 0.207 e. The highest BCUT2D eigenvalue weighted by Gasteiger charge is 2.39. The monoisotopic (exact) mass is 313 g/mol. The van der Waals surface area contributed by atoms with Crippen LogP contribution in [0, 0.1) is 0 Å². The van der Waals surface area contributed by atoms with Gasteiger partial charge < -0.3 is 0 Å². The lowest BCUT2D eigenvalue weighted by Crippen LogP contribution is -2.42. The van der Waals surface area contributed by atoms with Gasteiger partial charge in [-0.15, -0.1) is 0 Å². The molecule has 2 aromatic carbocycles. The maximum absolute atomic E-state index is 14.3. The van der Waals surface area contributed by atoms with E-state index in [9.17, 15) is 4.57 Å². The molecule has 0 saturated carbocycles. The summed E-state index contributed by atoms with van der Waals surface area (Å²) in [4.78, 5) is 0. The number of benzene rings is 2. The van der Waals surface area contributed by atoms with Crippen molar-refractivity contribution in [3.05, 3.63) is 60.7 Å². The number of hydrogen-bond acceptors (Lipinski definition) is 1. The fourth-order valence-electron chi connectivity index (χ4n) is 3.48. The SMILES string of the molecule is CC[C@H]1CCCCN1P(=O)(c1ccccc1)c1ccccc1. The first-order valence-corrected chi connectivity index (χ1v) is 9.91. The van der Waals surface area contributed by atoms with Crippen molar-refractivity contribution in [2.24, 2.45) is 0 Å². The van der Waals surface area contributed by atoms with E-state index in [1.807, 2.05) is 60.7 Å². The van der Waals surface area contributed by atoms with Crippen LogP contribution in [0.3, 0.4) is 0 Å². The van der Waals surface area contributed by atoms with Crippen LogP contribution in [0.2, 0.25) is 0 Å². The van der Waals surface area contributed by atoms with Crippen LogP contribution in [0.5, 0.6) is 0 Å². The molecule has 1 saturated heterocycles. The topological polar surface area (TPSA) is 20.3 Å². The molecule has 0 spiro atoms. The van der Waals surface area contributed by atoms with Crippen LogP contribution >= 0.6 is 7.29 Å². The Labute approximate surface area is 133 Å². The summed E-state index contributed by atoms with van der Waals surface area (Å²) in [6, 6.07) is 20.5. The third kappa shape index (κ3) is 2.78. The van der Waals surface area contributed by atoms with Gasteiger partial charge in [0.05, 0.1) is 0 Å². The Morgan fingerprint density at radius 3 is 2.00 bits per heavy atom. The van der Waals surface area contributed by atoms with E-state index in [-0.39, 0.29) is 0 Å². The van der Waals surface area contributed by atoms with Gasteiger partial charge in [0, 0.05) is 23.2 Å². The van der Waals surface area contributed by atoms with E-state index in [1.165, 1.54) is 6.42 Å². The normalized spacial score (nSPS) is 20.0. The second-order valence-corrected chi connectivity index (χ2v) is 8.67. The zero-order valence-electron chi connectivity index (χ0n) is 13.2. The summed E-state index contributed by atoms with van der Waals surface area (Å²) in [6.45, 7) is 3.14. The van der Waals surface area contributed by atoms with Crippen molar-refractivity contribution in [2.75, 3.05) is 6.54 Å². The second kappa shape index (κ2) is 6.81. The Kier molecular flexibility index (Phi) is 4.81. The molecule has 0 amide bonds. The predicted molar refractivity (Wildman–Crippen MR) is 94.4 cm³/mol. The maximum atomic E-state index is 14.3. The molecule has 0 aliphatic carbocycles. The van der Waals surface area contributed by atoms with Crippen LogP contribution in [0.25, 0.3) is 0 Å². The van der Waals surface area contributed by atoms with E-state index in [0.29, 0.717) is 6.04 Å². The van der Waals surface area contributed by atoms with Gasteiger partial charge in [-0.3, -0.25) is 4.57 Å². The molecular formula is C19H24NOP. The van der Waals surface area contributed by atoms with E-state index < -0.39 is 7.29 Å². The van der Waals surface area contributed by atoms with Crippen LogP contribution in [0.15, 0.2) is 60.7 Å². The first-order valence-electron chi connectivity index (χ1n) is 8.25. The Bertz CT molecular complexity index is 597. The van der Waals surface area contributed by atoms with Gasteiger partial charge >= 0.3 is 0 Å². The van der Waals surface area contributed by atoms with Crippen molar-refractivity contribution < 1.29 is 4.57 Å². The minimum Gasteiger partial charge on any atom is -0.296 e. The Morgan fingerprint density at radius 1 is 0.955 bits per heavy atom. The summed E-state index contributed by atoms with van der Waals surface area (Å²) in [7, 11) is -2.74. The molecule has 1 atom stereocenters. The standard InChI is InChI=1S/C19H24NOP/c1-2-17-11-9-10-16-20(17)22(21,18-12-5-3-6-13-18)19-14-7-4-8-15-19/h3-8,12-15,17H,2,9-11,16H2,1H3/t17-/m0/s1. The largest absolute Gasteiger partial charge is 0.296 e. The molecule has 2 nitrogen and oxygen atoms in total. The average molecular weight is 313 g/mol. The van der Waals surface area contributed by atoms with Crippen molar-refractivity contribution in [1.82, 2.24) is 4.67 Å². The summed E-state index contributed by atoms with van der Waals surface area (Å²) < 4.78 is 16.6. The van der Waals surface area contributed by atoms with E-state index in [2.05, 4.69) is 11.6 Å². The van der Waals surface area contributed by atoms with E-state index >= 15 is 0 Å². The lowest BCUT2D eigenvalue weighted by Gasteiger charge is -2.41. The summed E-state index contributed by atoms with van der Waals surface area (Å²) in [5.41, 5.74) is 0. The highest BCUT2D eigenvalue weighted by molar-refractivity contribution is 7.76. The molecule has 0 radical (unpaired) electrons. The van der Waals surface area contributed by atoms with Crippen LogP contribution < -0.4 is 10.6 Å². The zero-order chi connectivity index (χ0) is 15.4. The highest BCUT2D eigenvalue weighted by atomic mass is 31.2. The lowest BCUT2D eigenvalue weighted by molar-refractivity contribution is 0.249. The van der Waals surface area contributed by atoms with Gasteiger partial charge in [-0.1, -0.05) is 49.7 Å². The molecule has 0 aromatic heterocycles. The second-order valence-electron chi connectivity index (χ2n) is 5.97. The predicted octanol–water partition coefficient (Wildman–Crippen LogP) is 4.18.